The minimum Gasteiger partial charge on any atom is -0.377 e. The first kappa shape index (κ1) is 53.8. The Labute approximate surface area is 441 Å². The second-order valence-corrected chi connectivity index (χ2v) is 20.5. The lowest BCUT2D eigenvalue weighted by Crippen LogP contribution is -2.43. The Morgan fingerprint density at radius 1 is 0.625 bits per heavy atom. The molecule has 5 aromatic rings. The maximum atomic E-state index is 12.1. The second-order valence-electron chi connectivity index (χ2n) is 18.7. The molecule has 1 saturated heterocycles. The highest BCUT2D eigenvalue weighted by Gasteiger charge is 2.39. The molecule has 0 spiro atoms. The number of fused-ring (bicyclic) bond motifs is 4. The van der Waals surface area contributed by atoms with Crippen LogP contribution in [0.4, 0.5) is 9.59 Å². The molecule has 0 saturated carbocycles. The van der Waals surface area contributed by atoms with E-state index in [9.17, 15) is 9.59 Å². The summed E-state index contributed by atoms with van der Waals surface area (Å²) < 4.78 is 26.6. The lowest BCUT2D eigenvalue weighted by atomic mass is 9.72. The Morgan fingerprint density at radius 2 is 1.17 bits per heavy atom. The molecule has 4 amide bonds. The molecular weight excluding hydrogens is 1000 g/mol. The van der Waals surface area contributed by atoms with Crippen molar-refractivity contribution in [1.82, 2.24) is 50.6 Å². The van der Waals surface area contributed by atoms with Gasteiger partial charge in [0, 0.05) is 113 Å². The van der Waals surface area contributed by atoms with Crippen molar-refractivity contribution in [3.63, 3.8) is 0 Å². The first-order valence-electron chi connectivity index (χ1n) is 24.9. The minimum atomic E-state index is -0.259. The fraction of sp³-hybridized carbons (Fsp3) is 0.500. The molecule has 8 rings (SSSR count). The molecule has 1 fully saturated rings. The van der Waals surface area contributed by atoms with Gasteiger partial charge in [0.15, 0.2) is 0 Å². The van der Waals surface area contributed by atoms with Gasteiger partial charge in [0.1, 0.15) is 0 Å². The number of carbonyl (C=O) groups excluding carboxylic acids is 2. The van der Waals surface area contributed by atoms with Crippen LogP contribution in [0.1, 0.15) is 46.9 Å². The maximum absolute atomic E-state index is 12.1. The fourth-order valence-electron chi connectivity index (χ4n) is 9.76. The monoisotopic (exact) mass is 1070 g/mol. The number of likely N-dealkylation sites (N-methyl/N-ethyl adjacent to an activating group) is 2. The molecule has 4 unspecified atom stereocenters. The Balaban J connectivity index is 0.584. The SMILES string of the molecule is CN1Cc2c(Cl)cc(Cl)cc2C(c2ccc3cn(CCOCCOCCNC(=O)NCCCCNC(=O)NCCOCCOCCn4cc5ccc(C6CN(C)CC7C(Cl)=CC(Cl)=CC76)cc5n4)nc3c2)C1. The highest BCUT2D eigenvalue weighted by Crippen LogP contribution is 2.45. The molecule has 16 nitrogen and oxygen atoms in total. The van der Waals surface area contributed by atoms with Crippen LogP contribution in [0, 0.1) is 11.8 Å². The number of carbonyl (C=O) groups is 2. The van der Waals surface area contributed by atoms with Gasteiger partial charge in [-0.2, -0.15) is 10.2 Å². The van der Waals surface area contributed by atoms with E-state index in [4.69, 9.17) is 75.5 Å². The van der Waals surface area contributed by atoms with Gasteiger partial charge in [0.05, 0.1) is 77.0 Å². The van der Waals surface area contributed by atoms with Crippen LogP contribution in [0.3, 0.4) is 0 Å². The number of unbranched alkanes of at least 4 members (excludes halogenated alkanes) is 1. The summed E-state index contributed by atoms with van der Waals surface area (Å²) in [4.78, 5) is 28.9. The first-order chi connectivity index (χ1) is 35.0. The smallest absolute Gasteiger partial charge is 0.314 e. The summed E-state index contributed by atoms with van der Waals surface area (Å²) in [7, 11) is 4.25. The molecule has 388 valence electrons. The molecule has 72 heavy (non-hydrogen) atoms. The number of nitrogens with zero attached hydrogens (tertiary/aromatic N) is 6. The van der Waals surface area contributed by atoms with Crippen molar-refractivity contribution in [1.29, 1.82) is 0 Å². The zero-order valence-corrected chi connectivity index (χ0v) is 44.0. The van der Waals surface area contributed by atoms with E-state index in [-0.39, 0.29) is 35.7 Å². The van der Waals surface area contributed by atoms with Crippen LogP contribution in [0.25, 0.3) is 21.8 Å². The molecule has 1 aliphatic carbocycles. The third kappa shape index (κ3) is 15.1. The quantitative estimate of drug-likeness (QED) is 0.0423. The van der Waals surface area contributed by atoms with Crippen LogP contribution in [-0.4, -0.2) is 154 Å². The van der Waals surface area contributed by atoms with Gasteiger partial charge in [-0.15, -0.1) is 0 Å². The Bertz CT molecular complexity index is 2680. The van der Waals surface area contributed by atoms with Crippen LogP contribution in [-0.2, 0) is 38.6 Å². The number of rotatable bonds is 25. The fourth-order valence-corrected chi connectivity index (χ4v) is 11.0. The van der Waals surface area contributed by atoms with Crippen molar-refractivity contribution >= 4 is 80.3 Å². The number of piperidine rings is 1. The Hall–Kier alpha value is -4.46. The van der Waals surface area contributed by atoms with Crippen molar-refractivity contribution in [2.45, 2.75) is 44.3 Å². The molecule has 0 bridgehead atoms. The second kappa shape index (κ2) is 26.7. The van der Waals surface area contributed by atoms with E-state index in [1.54, 1.807) is 0 Å². The van der Waals surface area contributed by atoms with Crippen molar-refractivity contribution in [2.75, 3.05) is 113 Å². The summed E-state index contributed by atoms with van der Waals surface area (Å²) in [5, 5.41) is 25.9. The Kier molecular flexibility index (Phi) is 19.9. The molecule has 3 aromatic carbocycles. The molecule has 0 radical (unpaired) electrons. The highest BCUT2D eigenvalue weighted by atomic mass is 35.5. The largest absolute Gasteiger partial charge is 0.377 e. The highest BCUT2D eigenvalue weighted by molar-refractivity contribution is 6.35. The number of ether oxygens (including phenoxy) is 4. The summed E-state index contributed by atoms with van der Waals surface area (Å²) in [5.41, 5.74) is 6.62. The summed E-state index contributed by atoms with van der Waals surface area (Å²) in [6, 6.07) is 16.3. The van der Waals surface area contributed by atoms with Gasteiger partial charge in [-0.25, -0.2) is 9.59 Å². The first-order valence-corrected chi connectivity index (χ1v) is 26.4. The number of hydrogen-bond acceptors (Lipinski definition) is 10. The maximum Gasteiger partial charge on any atom is 0.314 e. The zero-order chi connectivity index (χ0) is 50.4. The zero-order valence-electron chi connectivity index (χ0n) is 41.0. The van der Waals surface area contributed by atoms with E-state index >= 15 is 0 Å². The number of halogens is 4. The van der Waals surface area contributed by atoms with E-state index in [1.807, 2.05) is 40.0 Å². The van der Waals surface area contributed by atoms with E-state index in [2.05, 4.69) is 87.6 Å². The van der Waals surface area contributed by atoms with Crippen molar-refractivity contribution < 1.29 is 28.5 Å². The molecular formula is C52H66Cl4N10O6. The molecule has 4 N–H and O–H groups in total. The predicted octanol–water partition coefficient (Wildman–Crippen LogP) is 7.94. The number of amides is 4. The lowest BCUT2D eigenvalue weighted by Gasteiger charge is -2.43. The van der Waals surface area contributed by atoms with Gasteiger partial charge in [-0.1, -0.05) is 76.7 Å². The van der Waals surface area contributed by atoms with Crippen molar-refractivity contribution in [2.24, 2.45) is 11.8 Å². The molecule has 3 aliphatic rings. The van der Waals surface area contributed by atoms with Gasteiger partial charge in [-0.3, -0.25) is 9.36 Å². The number of likely N-dealkylation sites (tertiary alicyclic amines) is 1. The molecule has 4 atom stereocenters. The van der Waals surface area contributed by atoms with Crippen LogP contribution in [0.15, 0.2) is 83.1 Å². The number of urea groups is 2. The van der Waals surface area contributed by atoms with E-state index in [1.165, 1.54) is 16.7 Å². The van der Waals surface area contributed by atoms with Crippen LogP contribution in [0.2, 0.25) is 10.0 Å². The third-order valence-corrected chi connectivity index (χ3v) is 14.5. The average molecular weight is 1070 g/mol. The standard InChI is InChI=1S/C52H66Cl4N10O6/c1-63-31-43(41-25-39(53)27-47(55)45(41)33-63)35-5-7-37-29-65(61-49(37)23-35)13-17-71-21-19-69-15-11-59-51(67)57-9-3-4-10-58-52(68)60-12-16-70-20-22-72-18-14-66-30-38-8-6-36(24-50(38)62-66)44-32-64(2)34-46-42(44)26-40(54)28-48(46)56/h5-8,23-30,41,43-45H,3-4,9-22,31-34H2,1-2H3,(H2,57,59,67)(H2,58,60,68). The van der Waals surface area contributed by atoms with E-state index < -0.39 is 0 Å². The molecule has 20 heteroatoms. The van der Waals surface area contributed by atoms with Crippen molar-refractivity contribution in [3.05, 3.63) is 115 Å². The molecule has 2 aliphatic heterocycles. The van der Waals surface area contributed by atoms with Gasteiger partial charge < -0.3 is 50.0 Å². The summed E-state index contributed by atoms with van der Waals surface area (Å²) in [5.74, 6) is 0.920. The van der Waals surface area contributed by atoms with Gasteiger partial charge >= 0.3 is 12.1 Å². The van der Waals surface area contributed by atoms with E-state index in [0.29, 0.717) is 107 Å². The third-order valence-electron chi connectivity index (χ3n) is 13.3. The van der Waals surface area contributed by atoms with Crippen molar-refractivity contribution in [3.8, 4) is 0 Å². The minimum absolute atomic E-state index is 0.153. The Morgan fingerprint density at radius 3 is 1.78 bits per heavy atom. The normalized spacial score (nSPS) is 19.2. The number of aromatic nitrogens is 4. The van der Waals surface area contributed by atoms with Crippen LogP contribution in [0.5, 0.6) is 0 Å². The molecule has 4 heterocycles. The summed E-state index contributed by atoms with van der Waals surface area (Å²) >= 11 is 26.1. The number of nitrogens with one attached hydrogen (secondary N) is 4. The van der Waals surface area contributed by atoms with Gasteiger partial charge in [-0.05, 0) is 85.5 Å². The topological polar surface area (TPSA) is 161 Å². The van der Waals surface area contributed by atoms with E-state index in [0.717, 1.165) is 71.4 Å². The van der Waals surface area contributed by atoms with Crippen LogP contribution >= 0.6 is 46.4 Å². The van der Waals surface area contributed by atoms with Gasteiger partial charge in [0.25, 0.3) is 0 Å². The predicted molar refractivity (Wildman–Crippen MR) is 285 cm³/mol. The van der Waals surface area contributed by atoms with Crippen LogP contribution < -0.4 is 21.3 Å². The summed E-state index contributed by atoms with van der Waals surface area (Å²) in [6.07, 6.45) is 9.56. The lowest BCUT2D eigenvalue weighted by molar-refractivity contribution is 0.0455. The molecule has 2 aromatic heterocycles. The number of allylic oxidation sites excluding steroid dienone is 3. The summed E-state index contributed by atoms with van der Waals surface area (Å²) in [6.45, 7) is 9.97. The van der Waals surface area contributed by atoms with Gasteiger partial charge in [0.2, 0.25) is 0 Å². The number of benzene rings is 3. The number of hydrogen-bond donors (Lipinski definition) is 4. The average Bonchev–Trinajstić information content (AvgIpc) is 3.97.